The number of benzene rings is 2. The van der Waals surface area contributed by atoms with Crippen LogP contribution in [0.3, 0.4) is 0 Å². The highest BCUT2D eigenvalue weighted by Gasteiger charge is 2.42. The summed E-state index contributed by atoms with van der Waals surface area (Å²) in [4.78, 5) is 15.8. The Balaban J connectivity index is 1.70. The highest BCUT2D eigenvalue weighted by Crippen LogP contribution is 2.51. The Hall–Kier alpha value is -2.11. The highest BCUT2D eigenvalue weighted by molar-refractivity contribution is 7.80. The normalized spacial score (nSPS) is 22.0. The molecule has 1 N–H and O–H groups in total. The van der Waals surface area contributed by atoms with E-state index < -0.39 is 5.60 Å². The number of thiocarbonyl (C=S) groups is 1. The number of ether oxygens (including phenoxy) is 1. The van der Waals surface area contributed by atoms with Crippen molar-refractivity contribution in [2.75, 3.05) is 10.2 Å². The van der Waals surface area contributed by atoms with E-state index in [9.17, 15) is 4.79 Å². The molecule has 1 amide bonds. The maximum Gasteiger partial charge on any atom is 0.415 e. The van der Waals surface area contributed by atoms with E-state index in [1.165, 1.54) is 12.0 Å². The molecule has 1 heterocycles. The molecule has 3 unspecified atom stereocenters. The second-order valence-corrected chi connectivity index (χ2v) is 10.7. The topological polar surface area (TPSA) is 41.6 Å². The molecule has 1 aliphatic heterocycles. The van der Waals surface area contributed by atoms with Gasteiger partial charge in [0.25, 0.3) is 0 Å². The summed E-state index contributed by atoms with van der Waals surface area (Å²) in [7, 11) is 0. The van der Waals surface area contributed by atoms with Crippen LogP contribution in [0, 0.1) is 11.8 Å². The number of nitrogens with one attached hydrogen (secondary N) is 1. The van der Waals surface area contributed by atoms with Crippen LogP contribution in [-0.4, -0.2) is 16.7 Å². The van der Waals surface area contributed by atoms with Gasteiger partial charge in [0.05, 0.1) is 11.5 Å². The minimum atomic E-state index is -0.594. The van der Waals surface area contributed by atoms with Crippen LogP contribution in [0.1, 0.15) is 64.0 Å². The van der Waals surface area contributed by atoms with E-state index >= 15 is 0 Å². The lowest BCUT2D eigenvalue weighted by molar-refractivity contribution is 0.0577. The second-order valence-electron chi connectivity index (χ2n) is 9.84. The fourth-order valence-electron chi connectivity index (χ4n) is 5.04. The standard InChI is InChI=1S/C26H31ClN2O2S/c1-5-17-9-11-21-23(17)20-12-10-19(14-22(20)28-24(21)32)29(25(30)31-26(2,3)4)15-16-7-6-8-18(27)13-16/h6-8,10,12-14,17,21,23H,5,9,11,15H2,1-4H3,(H,28,32). The van der Waals surface area contributed by atoms with E-state index in [2.05, 4.69) is 18.3 Å². The summed E-state index contributed by atoms with van der Waals surface area (Å²) in [5.74, 6) is 1.53. The van der Waals surface area contributed by atoms with Crippen LogP contribution < -0.4 is 10.2 Å². The summed E-state index contributed by atoms with van der Waals surface area (Å²) < 4.78 is 5.73. The Bertz CT molecular complexity index is 1030. The zero-order valence-electron chi connectivity index (χ0n) is 19.2. The van der Waals surface area contributed by atoms with Crippen LogP contribution in [0.25, 0.3) is 0 Å². The number of carbonyl (C=O) groups excluding carboxylic acids is 1. The molecule has 2 aromatic carbocycles. The summed E-state index contributed by atoms with van der Waals surface area (Å²) in [5.41, 5.74) is 3.44. The van der Waals surface area contributed by atoms with Gasteiger partial charge in [-0.25, -0.2) is 4.79 Å². The summed E-state index contributed by atoms with van der Waals surface area (Å²) in [5, 5.41) is 4.10. The average molecular weight is 471 g/mol. The number of hydrogen-bond acceptors (Lipinski definition) is 3. The maximum atomic E-state index is 13.2. The van der Waals surface area contributed by atoms with Crippen LogP contribution in [-0.2, 0) is 11.3 Å². The summed E-state index contributed by atoms with van der Waals surface area (Å²) in [6.07, 6.45) is 3.13. The first kappa shape index (κ1) is 23.1. The molecule has 4 nitrogen and oxygen atoms in total. The lowest BCUT2D eigenvalue weighted by Gasteiger charge is -2.34. The molecule has 0 aromatic heterocycles. The SMILES string of the molecule is CCC1CCC2C(=S)Nc3cc(N(Cc4cccc(Cl)c4)C(=O)OC(C)(C)C)ccc3C12. The molecule has 2 aliphatic rings. The maximum absolute atomic E-state index is 13.2. The smallest absolute Gasteiger partial charge is 0.415 e. The van der Waals surface area contributed by atoms with Gasteiger partial charge in [0.2, 0.25) is 0 Å². The monoisotopic (exact) mass is 470 g/mol. The second kappa shape index (κ2) is 9.03. The number of nitrogens with zero attached hydrogens (tertiary/aromatic N) is 1. The van der Waals surface area contributed by atoms with Crippen LogP contribution in [0.4, 0.5) is 16.2 Å². The van der Waals surface area contributed by atoms with Crippen molar-refractivity contribution in [3.8, 4) is 0 Å². The Morgan fingerprint density at radius 2 is 2.00 bits per heavy atom. The molecule has 6 heteroatoms. The van der Waals surface area contributed by atoms with Gasteiger partial charge in [0.1, 0.15) is 5.60 Å². The van der Waals surface area contributed by atoms with Crippen molar-refractivity contribution < 1.29 is 9.53 Å². The molecule has 4 rings (SSSR count). The number of anilines is 2. The van der Waals surface area contributed by atoms with E-state index in [4.69, 9.17) is 28.6 Å². The Kier molecular flexibility index (Phi) is 6.51. The van der Waals surface area contributed by atoms with Gasteiger partial charge >= 0.3 is 6.09 Å². The molecule has 2 aromatic rings. The van der Waals surface area contributed by atoms with Gasteiger partial charge < -0.3 is 10.1 Å². The molecule has 1 aliphatic carbocycles. The molecule has 0 bridgehead atoms. The van der Waals surface area contributed by atoms with Crippen molar-refractivity contribution in [3.63, 3.8) is 0 Å². The Labute approximate surface area is 201 Å². The third-order valence-corrected chi connectivity index (χ3v) is 7.10. The van der Waals surface area contributed by atoms with E-state index in [1.54, 1.807) is 4.90 Å². The van der Waals surface area contributed by atoms with Crippen LogP contribution in [0.5, 0.6) is 0 Å². The quantitative estimate of drug-likeness (QED) is 0.468. The lowest BCUT2D eigenvalue weighted by Crippen LogP contribution is -2.37. The van der Waals surface area contributed by atoms with Crippen molar-refractivity contribution in [3.05, 3.63) is 58.6 Å². The molecule has 0 spiro atoms. The van der Waals surface area contributed by atoms with Crippen LogP contribution in [0.15, 0.2) is 42.5 Å². The first-order valence-corrected chi connectivity index (χ1v) is 12.1. The van der Waals surface area contributed by atoms with Crippen molar-refractivity contribution in [1.29, 1.82) is 0 Å². The molecule has 170 valence electrons. The van der Waals surface area contributed by atoms with Crippen molar-refractivity contribution in [2.45, 2.75) is 65.0 Å². The predicted molar refractivity (Wildman–Crippen MR) is 136 cm³/mol. The minimum Gasteiger partial charge on any atom is -0.443 e. The van der Waals surface area contributed by atoms with E-state index in [0.29, 0.717) is 29.3 Å². The minimum absolute atomic E-state index is 0.363. The van der Waals surface area contributed by atoms with E-state index in [-0.39, 0.29) is 6.09 Å². The first-order chi connectivity index (χ1) is 15.2. The van der Waals surface area contributed by atoms with Gasteiger partial charge in [-0.15, -0.1) is 0 Å². The lowest BCUT2D eigenvalue weighted by atomic mass is 9.79. The van der Waals surface area contributed by atoms with E-state index in [1.807, 2.05) is 57.2 Å². The number of amides is 1. The van der Waals surface area contributed by atoms with Gasteiger partial charge in [0, 0.05) is 22.3 Å². The molecule has 3 atom stereocenters. The van der Waals surface area contributed by atoms with Crippen molar-refractivity contribution in [2.24, 2.45) is 11.8 Å². The largest absolute Gasteiger partial charge is 0.443 e. The van der Waals surface area contributed by atoms with Gasteiger partial charge in [0.15, 0.2) is 0 Å². The van der Waals surface area contributed by atoms with Gasteiger partial charge in [-0.1, -0.05) is 55.4 Å². The van der Waals surface area contributed by atoms with Crippen LogP contribution >= 0.6 is 23.8 Å². The molecule has 0 radical (unpaired) electrons. The average Bonchev–Trinajstić information content (AvgIpc) is 3.15. The zero-order valence-corrected chi connectivity index (χ0v) is 20.7. The Morgan fingerprint density at radius 1 is 1.22 bits per heavy atom. The third kappa shape index (κ3) is 4.79. The molecule has 32 heavy (non-hydrogen) atoms. The summed E-state index contributed by atoms with van der Waals surface area (Å²) >= 11 is 11.9. The third-order valence-electron chi connectivity index (χ3n) is 6.46. The number of halogens is 1. The zero-order chi connectivity index (χ0) is 23.0. The molecule has 0 saturated heterocycles. The molecule has 1 saturated carbocycles. The van der Waals surface area contributed by atoms with Gasteiger partial charge in [-0.3, -0.25) is 4.90 Å². The highest BCUT2D eigenvalue weighted by atomic mass is 35.5. The fourth-order valence-corrected chi connectivity index (χ4v) is 5.62. The number of carbonyl (C=O) groups is 1. The molecular formula is C26H31ClN2O2S. The summed E-state index contributed by atoms with van der Waals surface area (Å²) in [6, 6.07) is 13.8. The first-order valence-electron chi connectivity index (χ1n) is 11.4. The van der Waals surface area contributed by atoms with Gasteiger partial charge in [-0.05, 0) is 80.8 Å². The predicted octanol–water partition coefficient (Wildman–Crippen LogP) is 7.55. The van der Waals surface area contributed by atoms with Crippen molar-refractivity contribution >= 4 is 46.3 Å². The Morgan fingerprint density at radius 3 is 2.69 bits per heavy atom. The summed E-state index contributed by atoms with van der Waals surface area (Å²) in [6.45, 7) is 8.26. The fraction of sp³-hybridized carbons (Fsp3) is 0.462. The van der Waals surface area contributed by atoms with Crippen LogP contribution in [0.2, 0.25) is 5.02 Å². The number of fused-ring (bicyclic) bond motifs is 3. The molecule has 1 fully saturated rings. The van der Waals surface area contributed by atoms with Gasteiger partial charge in [-0.2, -0.15) is 0 Å². The molecular weight excluding hydrogens is 440 g/mol. The number of rotatable bonds is 4. The number of hydrogen-bond donors (Lipinski definition) is 1. The van der Waals surface area contributed by atoms with Crippen molar-refractivity contribution in [1.82, 2.24) is 0 Å². The van der Waals surface area contributed by atoms with E-state index in [0.717, 1.165) is 34.8 Å².